The number of aliphatic hydroxyl groups excluding tert-OH is 1. The van der Waals surface area contributed by atoms with Gasteiger partial charge in [0.15, 0.2) is 0 Å². The Morgan fingerprint density at radius 2 is 1.92 bits per heavy atom. The quantitative estimate of drug-likeness (QED) is 0.309. The third-order valence-corrected chi connectivity index (χ3v) is 7.18. The molecule has 1 aromatic heterocycles. The predicted molar refractivity (Wildman–Crippen MR) is 130 cm³/mol. The molecule has 1 aromatic carbocycles. The Morgan fingerprint density at radius 1 is 1.25 bits per heavy atom. The summed E-state index contributed by atoms with van der Waals surface area (Å²) in [5.41, 5.74) is -0.905. The number of aryl methyl sites for hydroxylation is 1. The lowest BCUT2D eigenvalue weighted by atomic mass is 10.0. The Labute approximate surface area is 208 Å². The van der Waals surface area contributed by atoms with Crippen LogP contribution in [-0.2, 0) is 23.4 Å². The van der Waals surface area contributed by atoms with Gasteiger partial charge in [0.25, 0.3) is 5.56 Å². The Kier molecular flexibility index (Phi) is 8.91. The lowest BCUT2D eigenvalue weighted by molar-refractivity contribution is -0.149. The van der Waals surface area contributed by atoms with Crippen molar-refractivity contribution in [1.82, 2.24) is 14.6 Å². The molecule has 1 fully saturated rings. The number of nitrogens with zero attached hydrogens (tertiary/aromatic N) is 1. The van der Waals surface area contributed by atoms with Crippen LogP contribution in [0, 0.1) is 12.8 Å². The van der Waals surface area contributed by atoms with Crippen LogP contribution in [0.4, 0.5) is 0 Å². The standard InChI is InChI=1S/C23H32N3O9P/c1-13(2)33-22(29)16(5)25-36(31,35-17-9-7-6-8-10-17)32-12-18-19(27)15(4)21(34-18)26-11-14(3)20(28)24-23(26)30/h6-11,13,15-16,18-19,21,27H,12H2,1-5H3,(H,25,31)(H,24,28,30)/t15-,16+,18+,19?,21+,36?/m1/s1. The van der Waals surface area contributed by atoms with Crippen molar-refractivity contribution >= 4 is 13.7 Å². The molecule has 0 bridgehead atoms. The van der Waals surface area contributed by atoms with Crippen LogP contribution in [0.3, 0.4) is 0 Å². The van der Waals surface area contributed by atoms with Gasteiger partial charge < -0.3 is 19.1 Å². The molecule has 0 radical (unpaired) electrons. The van der Waals surface area contributed by atoms with Crippen LogP contribution in [0.1, 0.15) is 39.5 Å². The third-order valence-electron chi connectivity index (χ3n) is 5.54. The van der Waals surface area contributed by atoms with Gasteiger partial charge in [-0.2, -0.15) is 5.09 Å². The zero-order valence-corrected chi connectivity index (χ0v) is 21.6. The first-order valence-corrected chi connectivity index (χ1v) is 13.1. The van der Waals surface area contributed by atoms with E-state index in [2.05, 4.69) is 10.1 Å². The Morgan fingerprint density at radius 3 is 2.56 bits per heavy atom. The molecule has 2 heterocycles. The molecule has 13 heteroatoms. The van der Waals surface area contributed by atoms with Gasteiger partial charge in [0.2, 0.25) is 0 Å². The molecule has 2 unspecified atom stereocenters. The lowest BCUT2D eigenvalue weighted by Gasteiger charge is -2.25. The molecule has 3 rings (SSSR count). The van der Waals surface area contributed by atoms with E-state index in [0.717, 1.165) is 0 Å². The van der Waals surface area contributed by atoms with Gasteiger partial charge in [0.1, 0.15) is 24.1 Å². The molecular weight excluding hydrogens is 493 g/mol. The van der Waals surface area contributed by atoms with Gasteiger partial charge in [-0.15, -0.1) is 0 Å². The summed E-state index contributed by atoms with van der Waals surface area (Å²) in [7, 11) is -4.17. The van der Waals surface area contributed by atoms with Crippen molar-refractivity contribution in [2.45, 2.75) is 65.2 Å². The molecule has 12 nitrogen and oxygen atoms in total. The number of para-hydroxylation sites is 1. The number of hydrogen-bond donors (Lipinski definition) is 3. The second-order valence-corrected chi connectivity index (χ2v) is 10.6. The molecule has 2 aromatic rings. The number of esters is 1. The van der Waals surface area contributed by atoms with Crippen molar-refractivity contribution in [3.63, 3.8) is 0 Å². The Hall–Kier alpha value is -2.76. The zero-order chi connectivity index (χ0) is 26.6. The second kappa shape index (κ2) is 11.5. The van der Waals surface area contributed by atoms with Crippen molar-refractivity contribution in [1.29, 1.82) is 0 Å². The fourth-order valence-electron chi connectivity index (χ4n) is 3.63. The minimum atomic E-state index is -4.17. The smallest absolute Gasteiger partial charge is 0.459 e. The van der Waals surface area contributed by atoms with Crippen molar-refractivity contribution in [3.05, 3.63) is 62.9 Å². The van der Waals surface area contributed by atoms with Crippen LogP contribution in [0.5, 0.6) is 5.75 Å². The fraction of sp³-hybridized carbons (Fsp3) is 0.522. The van der Waals surface area contributed by atoms with Crippen LogP contribution in [0.2, 0.25) is 0 Å². The number of benzene rings is 1. The molecule has 1 aliphatic heterocycles. The summed E-state index contributed by atoms with van der Waals surface area (Å²) in [6.45, 7) is 7.66. The monoisotopic (exact) mass is 525 g/mol. The maximum atomic E-state index is 13.6. The van der Waals surface area contributed by atoms with Crippen LogP contribution in [0.25, 0.3) is 0 Å². The van der Waals surface area contributed by atoms with Crippen LogP contribution < -0.4 is 20.9 Å². The highest BCUT2D eigenvalue weighted by Crippen LogP contribution is 2.46. The Bertz CT molecular complexity index is 1210. The van der Waals surface area contributed by atoms with Gasteiger partial charge in [0.05, 0.1) is 18.8 Å². The molecule has 0 aliphatic carbocycles. The number of aromatic nitrogens is 2. The molecule has 1 aliphatic rings. The van der Waals surface area contributed by atoms with Crippen molar-refractivity contribution in [2.24, 2.45) is 5.92 Å². The average Bonchev–Trinajstić information content (AvgIpc) is 3.08. The summed E-state index contributed by atoms with van der Waals surface area (Å²) in [5, 5.41) is 13.3. The maximum Gasteiger partial charge on any atom is 0.459 e. The van der Waals surface area contributed by atoms with Gasteiger partial charge in [-0.25, -0.2) is 9.36 Å². The van der Waals surface area contributed by atoms with E-state index in [1.54, 1.807) is 58.0 Å². The fourth-order valence-corrected chi connectivity index (χ4v) is 5.13. The molecular formula is C23H32N3O9P. The summed E-state index contributed by atoms with van der Waals surface area (Å²) in [6.07, 6.45) is -2.01. The highest BCUT2D eigenvalue weighted by atomic mass is 31.2. The van der Waals surface area contributed by atoms with Crippen LogP contribution in [0.15, 0.2) is 46.1 Å². The van der Waals surface area contributed by atoms with Crippen molar-refractivity contribution in [3.8, 4) is 5.75 Å². The summed E-state index contributed by atoms with van der Waals surface area (Å²) < 4.78 is 37.0. The zero-order valence-electron chi connectivity index (χ0n) is 20.7. The molecule has 0 amide bonds. The summed E-state index contributed by atoms with van der Waals surface area (Å²) in [6, 6.07) is 7.20. The number of carbonyl (C=O) groups excluding carboxylic acids is 1. The number of rotatable bonds is 10. The van der Waals surface area contributed by atoms with Crippen molar-refractivity contribution < 1.29 is 33.0 Å². The predicted octanol–water partition coefficient (Wildman–Crippen LogP) is 1.87. The van der Waals surface area contributed by atoms with Gasteiger partial charge >= 0.3 is 19.4 Å². The topological polar surface area (TPSA) is 158 Å². The van der Waals surface area contributed by atoms with E-state index in [1.807, 2.05) is 0 Å². The SMILES string of the molecule is Cc1cn([C@H]2O[C@@H](COP(=O)(N[C@@H](C)C(=O)OC(C)C)Oc3ccccc3)C(O)[C@H]2C)c(=O)[nH]c1=O. The third kappa shape index (κ3) is 6.71. The van der Waals surface area contributed by atoms with Gasteiger partial charge in [-0.05, 0) is 39.8 Å². The highest BCUT2D eigenvalue weighted by molar-refractivity contribution is 7.52. The minimum Gasteiger partial charge on any atom is -0.462 e. The van der Waals surface area contributed by atoms with Gasteiger partial charge in [-0.3, -0.25) is 23.7 Å². The molecule has 0 saturated carbocycles. The molecule has 1 saturated heterocycles. The van der Waals surface area contributed by atoms with Crippen molar-refractivity contribution in [2.75, 3.05) is 6.61 Å². The van der Waals surface area contributed by atoms with E-state index in [9.17, 15) is 24.1 Å². The lowest BCUT2D eigenvalue weighted by Crippen LogP contribution is -2.37. The number of H-pyrrole nitrogens is 1. The largest absolute Gasteiger partial charge is 0.462 e. The summed E-state index contributed by atoms with van der Waals surface area (Å²) in [5.74, 6) is -0.986. The molecule has 36 heavy (non-hydrogen) atoms. The summed E-state index contributed by atoms with van der Waals surface area (Å²) >= 11 is 0. The molecule has 3 N–H and O–H groups in total. The number of nitrogens with one attached hydrogen (secondary N) is 2. The Balaban J connectivity index is 1.77. The first-order valence-electron chi connectivity index (χ1n) is 11.5. The first-order chi connectivity index (χ1) is 16.9. The number of aromatic amines is 1. The van der Waals surface area contributed by atoms with E-state index in [1.165, 1.54) is 17.7 Å². The van der Waals surface area contributed by atoms with E-state index in [-0.39, 0.29) is 18.5 Å². The maximum absolute atomic E-state index is 13.6. The van der Waals surface area contributed by atoms with Gasteiger partial charge in [-0.1, -0.05) is 25.1 Å². The normalized spacial score (nSPS) is 24.3. The molecule has 6 atom stereocenters. The number of hydrogen-bond acceptors (Lipinski definition) is 9. The number of carbonyl (C=O) groups is 1. The van der Waals surface area contributed by atoms with E-state index in [4.69, 9.17) is 18.5 Å². The van der Waals surface area contributed by atoms with Crippen LogP contribution in [-0.4, -0.2) is 51.6 Å². The molecule has 198 valence electrons. The number of ether oxygens (including phenoxy) is 2. The highest BCUT2D eigenvalue weighted by Gasteiger charge is 2.44. The molecule has 0 spiro atoms. The van der Waals surface area contributed by atoms with Crippen LogP contribution >= 0.6 is 7.75 Å². The average molecular weight is 525 g/mol. The summed E-state index contributed by atoms with van der Waals surface area (Å²) in [4.78, 5) is 38.5. The van der Waals surface area contributed by atoms with E-state index < -0.39 is 55.4 Å². The number of aliphatic hydroxyl groups is 1. The van der Waals surface area contributed by atoms with E-state index in [0.29, 0.717) is 5.56 Å². The minimum absolute atomic E-state index is 0.229. The van der Waals surface area contributed by atoms with Gasteiger partial charge in [0, 0.05) is 17.7 Å². The second-order valence-electron chi connectivity index (χ2n) is 8.93. The first kappa shape index (κ1) is 27.8. The van der Waals surface area contributed by atoms with E-state index >= 15 is 0 Å².